The summed E-state index contributed by atoms with van der Waals surface area (Å²) in [5.74, 6) is 0.504. The zero-order valence-corrected chi connectivity index (χ0v) is 16.2. The summed E-state index contributed by atoms with van der Waals surface area (Å²) in [5.41, 5.74) is 5.06. The van der Waals surface area contributed by atoms with E-state index < -0.39 is 0 Å². The standard InChI is InChI=1S/C24H26N2O2/c1-3-15-28-24-17-25-23-16-21(13-14-22(23)26-24)20-11-9-19(10-12-20)8-6-4-5-7-18(2)27/h3,6,8-14,16-18,27H,1,4-5,7,15H2,2H3/b8-6+. The van der Waals surface area contributed by atoms with E-state index >= 15 is 0 Å². The third-order valence-electron chi connectivity index (χ3n) is 4.42. The molecule has 0 fully saturated rings. The molecule has 0 bridgehead atoms. The van der Waals surface area contributed by atoms with Crippen molar-refractivity contribution in [2.45, 2.75) is 32.3 Å². The minimum atomic E-state index is -0.217. The van der Waals surface area contributed by atoms with Crippen LogP contribution in [-0.4, -0.2) is 27.8 Å². The van der Waals surface area contributed by atoms with Gasteiger partial charge in [-0.1, -0.05) is 55.1 Å². The molecule has 0 saturated heterocycles. The molecule has 0 amide bonds. The Kier molecular flexibility index (Phi) is 6.93. The first-order valence-corrected chi connectivity index (χ1v) is 9.61. The lowest BCUT2D eigenvalue weighted by molar-refractivity contribution is 0.182. The van der Waals surface area contributed by atoms with Crippen molar-refractivity contribution in [3.63, 3.8) is 0 Å². The van der Waals surface area contributed by atoms with Crippen molar-refractivity contribution in [2.24, 2.45) is 0 Å². The lowest BCUT2D eigenvalue weighted by Crippen LogP contribution is -1.97. The maximum atomic E-state index is 9.28. The number of rotatable bonds is 9. The van der Waals surface area contributed by atoms with Gasteiger partial charge in [0.25, 0.3) is 0 Å². The van der Waals surface area contributed by atoms with Crippen LogP contribution in [0.4, 0.5) is 0 Å². The van der Waals surface area contributed by atoms with Crippen LogP contribution in [0.2, 0.25) is 0 Å². The van der Waals surface area contributed by atoms with Crippen LogP contribution in [0.3, 0.4) is 0 Å². The third kappa shape index (κ3) is 5.51. The molecule has 0 saturated carbocycles. The summed E-state index contributed by atoms with van der Waals surface area (Å²) >= 11 is 0. The second kappa shape index (κ2) is 9.81. The highest BCUT2D eigenvalue weighted by Crippen LogP contribution is 2.24. The van der Waals surface area contributed by atoms with Crippen molar-refractivity contribution in [1.82, 2.24) is 9.97 Å². The Balaban J connectivity index is 1.68. The van der Waals surface area contributed by atoms with Gasteiger partial charge < -0.3 is 9.84 Å². The molecule has 0 spiro atoms. The zero-order valence-electron chi connectivity index (χ0n) is 16.2. The van der Waals surface area contributed by atoms with Crippen LogP contribution in [-0.2, 0) is 0 Å². The lowest BCUT2D eigenvalue weighted by atomic mass is 10.0. The van der Waals surface area contributed by atoms with E-state index in [1.165, 1.54) is 5.56 Å². The molecule has 1 heterocycles. The van der Waals surface area contributed by atoms with E-state index in [2.05, 4.69) is 59.0 Å². The molecule has 1 atom stereocenters. The molecule has 0 aliphatic carbocycles. The van der Waals surface area contributed by atoms with Gasteiger partial charge in [-0.25, -0.2) is 9.97 Å². The number of hydrogen-bond donors (Lipinski definition) is 1. The van der Waals surface area contributed by atoms with E-state index in [4.69, 9.17) is 4.74 Å². The number of aliphatic hydroxyl groups excluding tert-OH is 1. The van der Waals surface area contributed by atoms with E-state index in [1.54, 1.807) is 12.3 Å². The molecule has 3 rings (SSSR count). The van der Waals surface area contributed by atoms with Crippen molar-refractivity contribution in [2.75, 3.05) is 6.61 Å². The number of allylic oxidation sites excluding steroid dienone is 1. The fraction of sp³-hybridized carbons (Fsp3) is 0.250. The average molecular weight is 374 g/mol. The van der Waals surface area contributed by atoms with Crippen molar-refractivity contribution >= 4 is 17.1 Å². The van der Waals surface area contributed by atoms with E-state index in [0.717, 1.165) is 41.4 Å². The van der Waals surface area contributed by atoms with Crippen molar-refractivity contribution in [3.05, 3.63) is 73.0 Å². The van der Waals surface area contributed by atoms with Gasteiger partial charge in [0.1, 0.15) is 6.61 Å². The number of aliphatic hydroxyl groups is 1. The van der Waals surface area contributed by atoms with Gasteiger partial charge in [-0.05, 0) is 55.0 Å². The molecule has 4 nitrogen and oxygen atoms in total. The number of aromatic nitrogens is 2. The van der Waals surface area contributed by atoms with Gasteiger partial charge in [0.05, 0.1) is 23.3 Å². The highest BCUT2D eigenvalue weighted by molar-refractivity contribution is 5.81. The predicted octanol–water partition coefficient (Wildman–Crippen LogP) is 5.43. The highest BCUT2D eigenvalue weighted by atomic mass is 16.5. The predicted molar refractivity (Wildman–Crippen MR) is 115 cm³/mol. The summed E-state index contributed by atoms with van der Waals surface area (Å²) in [4.78, 5) is 8.92. The van der Waals surface area contributed by atoms with Crippen molar-refractivity contribution in [1.29, 1.82) is 0 Å². The van der Waals surface area contributed by atoms with Crippen LogP contribution >= 0.6 is 0 Å². The quantitative estimate of drug-likeness (QED) is 0.401. The van der Waals surface area contributed by atoms with Gasteiger partial charge in [0, 0.05) is 0 Å². The Morgan fingerprint density at radius 1 is 1.11 bits per heavy atom. The summed E-state index contributed by atoms with van der Waals surface area (Å²) in [5, 5.41) is 9.28. The molecule has 28 heavy (non-hydrogen) atoms. The molecular weight excluding hydrogens is 348 g/mol. The minimum Gasteiger partial charge on any atom is -0.472 e. The van der Waals surface area contributed by atoms with E-state index in [-0.39, 0.29) is 6.10 Å². The van der Waals surface area contributed by atoms with Crippen LogP contribution in [0.1, 0.15) is 31.7 Å². The maximum absolute atomic E-state index is 9.28. The van der Waals surface area contributed by atoms with Crippen LogP contribution < -0.4 is 4.74 Å². The Hall–Kier alpha value is -2.98. The summed E-state index contributed by atoms with van der Waals surface area (Å²) in [6.45, 7) is 5.88. The molecule has 1 N–H and O–H groups in total. The molecule has 1 unspecified atom stereocenters. The van der Waals surface area contributed by atoms with Crippen LogP contribution in [0.15, 0.2) is 67.4 Å². The van der Waals surface area contributed by atoms with Crippen LogP contribution in [0.5, 0.6) is 5.88 Å². The molecule has 2 aromatic carbocycles. The van der Waals surface area contributed by atoms with Crippen molar-refractivity contribution in [3.8, 4) is 17.0 Å². The Morgan fingerprint density at radius 2 is 1.89 bits per heavy atom. The molecule has 1 aromatic heterocycles. The van der Waals surface area contributed by atoms with Gasteiger partial charge in [-0.15, -0.1) is 0 Å². The summed E-state index contributed by atoms with van der Waals surface area (Å²) in [6, 6.07) is 14.5. The third-order valence-corrected chi connectivity index (χ3v) is 4.42. The first kappa shape index (κ1) is 19.8. The van der Waals surface area contributed by atoms with Gasteiger partial charge in [0.2, 0.25) is 5.88 Å². The number of ether oxygens (including phenoxy) is 1. The Labute approximate surface area is 166 Å². The van der Waals surface area contributed by atoms with E-state index in [9.17, 15) is 5.11 Å². The number of benzene rings is 2. The second-order valence-electron chi connectivity index (χ2n) is 6.82. The lowest BCUT2D eigenvalue weighted by Gasteiger charge is -2.06. The largest absolute Gasteiger partial charge is 0.472 e. The van der Waals surface area contributed by atoms with Gasteiger partial charge in [-0.3, -0.25) is 0 Å². The summed E-state index contributed by atoms with van der Waals surface area (Å²) in [7, 11) is 0. The molecule has 144 valence electrons. The minimum absolute atomic E-state index is 0.217. The fourth-order valence-electron chi connectivity index (χ4n) is 2.92. The van der Waals surface area contributed by atoms with Gasteiger partial charge in [-0.2, -0.15) is 0 Å². The molecule has 3 aromatic rings. The fourth-order valence-corrected chi connectivity index (χ4v) is 2.92. The monoisotopic (exact) mass is 374 g/mol. The second-order valence-corrected chi connectivity index (χ2v) is 6.82. The highest BCUT2D eigenvalue weighted by Gasteiger charge is 2.04. The van der Waals surface area contributed by atoms with E-state index in [0.29, 0.717) is 12.5 Å². The van der Waals surface area contributed by atoms with Gasteiger partial charge in [0.15, 0.2) is 0 Å². The number of unbranched alkanes of at least 4 members (excludes halogenated alkanes) is 1. The SMILES string of the molecule is C=CCOc1cnc2cc(-c3ccc(/C=C/CCCC(C)O)cc3)ccc2n1. The first-order chi connectivity index (χ1) is 13.7. The van der Waals surface area contributed by atoms with Gasteiger partial charge >= 0.3 is 0 Å². The molecular formula is C24H26N2O2. The smallest absolute Gasteiger partial charge is 0.233 e. The number of fused-ring (bicyclic) bond motifs is 1. The number of nitrogens with zero attached hydrogens (tertiary/aromatic N) is 2. The maximum Gasteiger partial charge on any atom is 0.233 e. The number of hydrogen-bond acceptors (Lipinski definition) is 4. The zero-order chi connectivity index (χ0) is 19.8. The van der Waals surface area contributed by atoms with E-state index in [1.807, 2.05) is 19.1 Å². The average Bonchev–Trinajstić information content (AvgIpc) is 2.71. The first-order valence-electron chi connectivity index (χ1n) is 9.61. The summed E-state index contributed by atoms with van der Waals surface area (Å²) < 4.78 is 5.44. The normalized spacial score (nSPS) is 12.4. The Morgan fingerprint density at radius 3 is 2.64 bits per heavy atom. The Bertz CT molecular complexity index is 946. The van der Waals surface area contributed by atoms with Crippen LogP contribution in [0, 0.1) is 0 Å². The molecule has 4 heteroatoms. The molecule has 0 radical (unpaired) electrons. The van der Waals surface area contributed by atoms with Crippen molar-refractivity contribution < 1.29 is 9.84 Å². The molecule has 0 aliphatic rings. The summed E-state index contributed by atoms with van der Waals surface area (Å²) in [6.07, 6.45) is 10.2. The topological polar surface area (TPSA) is 55.2 Å². The van der Waals surface area contributed by atoms with Crippen LogP contribution in [0.25, 0.3) is 28.2 Å². The molecule has 0 aliphatic heterocycles.